The molecule has 6 heteroatoms. The van der Waals surface area contributed by atoms with Crippen LogP contribution in [0.3, 0.4) is 0 Å². The van der Waals surface area contributed by atoms with E-state index < -0.39 is 5.97 Å². The minimum absolute atomic E-state index is 0.219. The molecule has 24 heavy (non-hydrogen) atoms. The molecule has 1 heterocycles. The zero-order valence-corrected chi connectivity index (χ0v) is 14.7. The molecule has 0 unspecified atom stereocenters. The van der Waals surface area contributed by atoms with E-state index in [-0.39, 0.29) is 11.6 Å². The van der Waals surface area contributed by atoms with Crippen molar-refractivity contribution in [2.24, 2.45) is 4.99 Å². The molecule has 3 rings (SSSR count). The zero-order chi connectivity index (χ0) is 17.1. The molecule has 0 spiro atoms. The molecule has 122 valence electrons. The van der Waals surface area contributed by atoms with Gasteiger partial charge in [-0.3, -0.25) is 0 Å². The SMILES string of the molecule is COc1cc(/C=C2\N=C(c3ccccc3Br)OC2=O)cc(OC)c1. The maximum atomic E-state index is 12.1. The van der Waals surface area contributed by atoms with Crippen molar-refractivity contribution in [1.29, 1.82) is 0 Å². The van der Waals surface area contributed by atoms with Crippen molar-refractivity contribution in [3.05, 3.63) is 63.8 Å². The molecule has 0 aromatic heterocycles. The molecule has 0 radical (unpaired) electrons. The first-order valence-electron chi connectivity index (χ1n) is 7.11. The second-order valence-corrected chi connectivity index (χ2v) is 5.82. The van der Waals surface area contributed by atoms with E-state index in [1.165, 1.54) is 0 Å². The lowest BCUT2D eigenvalue weighted by atomic mass is 10.1. The highest BCUT2D eigenvalue weighted by atomic mass is 79.9. The fraction of sp³-hybridized carbons (Fsp3) is 0.111. The summed E-state index contributed by atoms with van der Waals surface area (Å²) in [7, 11) is 3.14. The average molecular weight is 388 g/mol. The summed E-state index contributed by atoms with van der Waals surface area (Å²) in [6.45, 7) is 0. The van der Waals surface area contributed by atoms with Gasteiger partial charge in [0.05, 0.1) is 19.8 Å². The number of halogens is 1. The molecule has 5 nitrogen and oxygen atoms in total. The van der Waals surface area contributed by atoms with Crippen molar-refractivity contribution in [3.63, 3.8) is 0 Å². The number of cyclic esters (lactones) is 1. The first-order valence-corrected chi connectivity index (χ1v) is 7.90. The first kappa shape index (κ1) is 16.3. The molecule has 0 saturated heterocycles. The summed E-state index contributed by atoms with van der Waals surface area (Å²) >= 11 is 3.43. The van der Waals surface area contributed by atoms with Crippen molar-refractivity contribution in [1.82, 2.24) is 0 Å². The third-order valence-corrected chi connectivity index (χ3v) is 4.09. The summed E-state index contributed by atoms with van der Waals surface area (Å²) in [6.07, 6.45) is 1.64. The molecule has 0 N–H and O–H groups in total. The molecular weight excluding hydrogens is 374 g/mol. The third kappa shape index (κ3) is 3.33. The normalized spacial score (nSPS) is 15.2. The van der Waals surface area contributed by atoms with Crippen LogP contribution in [0, 0.1) is 0 Å². The van der Waals surface area contributed by atoms with Crippen LogP contribution in [0.5, 0.6) is 11.5 Å². The molecule has 1 aliphatic rings. The summed E-state index contributed by atoms with van der Waals surface area (Å²) in [5.74, 6) is 1.03. The highest BCUT2D eigenvalue weighted by Gasteiger charge is 2.25. The number of carbonyl (C=O) groups is 1. The third-order valence-electron chi connectivity index (χ3n) is 3.40. The standard InChI is InChI=1S/C18H14BrNO4/c1-22-12-7-11(8-13(10-12)23-2)9-16-18(21)24-17(20-16)14-5-3-4-6-15(14)19/h3-10H,1-2H3/b16-9-. The Morgan fingerprint density at radius 1 is 1.08 bits per heavy atom. The molecule has 2 aromatic carbocycles. The van der Waals surface area contributed by atoms with Crippen LogP contribution in [-0.2, 0) is 9.53 Å². The Hall–Kier alpha value is -2.60. The Kier molecular flexibility index (Phi) is 4.66. The second kappa shape index (κ2) is 6.88. The quantitative estimate of drug-likeness (QED) is 0.591. The van der Waals surface area contributed by atoms with Gasteiger partial charge in [-0.15, -0.1) is 0 Å². The minimum Gasteiger partial charge on any atom is -0.497 e. The molecule has 1 aliphatic heterocycles. The van der Waals surface area contributed by atoms with Crippen LogP contribution in [0.2, 0.25) is 0 Å². The Morgan fingerprint density at radius 3 is 2.38 bits per heavy atom. The predicted molar refractivity (Wildman–Crippen MR) is 94.3 cm³/mol. The number of aliphatic imine (C=N–C) groups is 1. The van der Waals surface area contributed by atoms with E-state index >= 15 is 0 Å². The largest absolute Gasteiger partial charge is 0.497 e. The maximum Gasteiger partial charge on any atom is 0.363 e. The van der Waals surface area contributed by atoms with Crippen LogP contribution in [0.1, 0.15) is 11.1 Å². The fourth-order valence-corrected chi connectivity index (χ4v) is 2.68. The van der Waals surface area contributed by atoms with Crippen molar-refractivity contribution >= 4 is 33.9 Å². The van der Waals surface area contributed by atoms with Gasteiger partial charge in [0, 0.05) is 10.5 Å². The lowest BCUT2D eigenvalue weighted by Gasteiger charge is -2.05. The van der Waals surface area contributed by atoms with Gasteiger partial charge in [-0.05, 0) is 51.8 Å². The minimum atomic E-state index is -0.498. The van der Waals surface area contributed by atoms with E-state index in [0.29, 0.717) is 11.5 Å². The van der Waals surface area contributed by atoms with E-state index in [1.807, 2.05) is 24.3 Å². The topological polar surface area (TPSA) is 57.1 Å². The number of esters is 1. The molecular formula is C18H14BrNO4. The maximum absolute atomic E-state index is 12.1. The summed E-state index contributed by atoms with van der Waals surface area (Å²) in [4.78, 5) is 16.4. The van der Waals surface area contributed by atoms with Crippen LogP contribution in [-0.4, -0.2) is 26.1 Å². The van der Waals surface area contributed by atoms with Crippen LogP contribution < -0.4 is 9.47 Å². The van der Waals surface area contributed by atoms with E-state index in [9.17, 15) is 4.79 Å². The highest BCUT2D eigenvalue weighted by molar-refractivity contribution is 9.10. The molecule has 0 aliphatic carbocycles. The van der Waals surface area contributed by atoms with Crippen LogP contribution in [0.25, 0.3) is 6.08 Å². The first-order chi connectivity index (χ1) is 11.6. The van der Waals surface area contributed by atoms with E-state index in [0.717, 1.165) is 15.6 Å². The Bertz CT molecular complexity index is 836. The highest BCUT2D eigenvalue weighted by Crippen LogP contribution is 2.27. The van der Waals surface area contributed by atoms with Crippen LogP contribution in [0.15, 0.2) is 57.6 Å². The Labute approximate surface area is 147 Å². The average Bonchev–Trinajstić information content (AvgIpc) is 2.95. The predicted octanol–water partition coefficient (Wildman–Crippen LogP) is 3.81. The van der Waals surface area contributed by atoms with Gasteiger partial charge in [0.1, 0.15) is 11.5 Å². The Balaban J connectivity index is 1.99. The molecule has 0 bridgehead atoms. The van der Waals surface area contributed by atoms with Crippen molar-refractivity contribution in [2.75, 3.05) is 14.2 Å². The fourth-order valence-electron chi connectivity index (χ4n) is 2.23. The Morgan fingerprint density at radius 2 is 1.75 bits per heavy atom. The molecule has 0 atom stereocenters. The van der Waals surface area contributed by atoms with E-state index in [4.69, 9.17) is 14.2 Å². The van der Waals surface area contributed by atoms with Gasteiger partial charge in [-0.2, -0.15) is 0 Å². The summed E-state index contributed by atoms with van der Waals surface area (Å²) < 4.78 is 16.5. The van der Waals surface area contributed by atoms with Gasteiger partial charge in [-0.25, -0.2) is 9.79 Å². The molecule has 0 fully saturated rings. The number of benzene rings is 2. The van der Waals surface area contributed by atoms with Gasteiger partial charge in [0.15, 0.2) is 5.70 Å². The summed E-state index contributed by atoms with van der Waals surface area (Å²) in [6, 6.07) is 12.7. The molecule has 0 amide bonds. The van der Waals surface area contributed by atoms with Gasteiger partial charge >= 0.3 is 5.97 Å². The van der Waals surface area contributed by atoms with Gasteiger partial charge in [0.2, 0.25) is 5.90 Å². The lowest BCUT2D eigenvalue weighted by molar-refractivity contribution is -0.129. The van der Waals surface area contributed by atoms with Gasteiger partial charge < -0.3 is 14.2 Å². The number of hydrogen-bond acceptors (Lipinski definition) is 5. The number of rotatable bonds is 4. The van der Waals surface area contributed by atoms with Crippen LogP contribution >= 0.6 is 15.9 Å². The zero-order valence-electron chi connectivity index (χ0n) is 13.1. The summed E-state index contributed by atoms with van der Waals surface area (Å²) in [5.41, 5.74) is 1.67. The number of methoxy groups -OCH3 is 2. The van der Waals surface area contributed by atoms with E-state index in [2.05, 4.69) is 20.9 Å². The van der Waals surface area contributed by atoms with E-state index in [1.54, 1.807) is 38.5 Å². The van der Waals surface area contributed by atoms with Crippen LogP contribution in [0.4, 0.5) is 0 Å². The molecule has 2 aromatic rings. The number of carbonyl (C=O) groups excluding carboxylic acids is 1. The van der Waals surface area contributed by atoms with Gasteiger partial charge in [-0.1, -0.05) is 12.1 Å². The summed E-state index contributed by atoms with van der Waals surface area (Å²) in [5, 5.41) is 0. The second-order valence-electron chi connectivity index (χ2n) is 4.96. The van der Waals surface area contributed by atoms with Crippen molar-refractivity contribution < 1.29 is 19.0 Å². The smallest absolute Gasteiger partial charge is 0.363 e. The number of hydrogen-bond donors (Lipinski definition) is 0. The number of nitrogens with zero attached hydrogens (tertiary/aromatic N) is 1. The van der Waals surface area contributed by atoms with Crippen molar-refractivity contribution in [3.8, 4) is 11.5 Å². The molecule has 0 saturated carbocycles. The van der Waals surface area contributed by atoms with Gasteiger partial charge in [0.25, 0.3) is 0 Å². The van der Waals surface area contributed by atoms with Crippen molar-refractivity contribution in [2.45, 2.75) is 0 Å². The monoisotopic (exact) mass is 387 g/mol. The lowest BCUT2D eigenvalue weighted by Crippen LogP contribution is -2.05. The number of ether oxygens (including phenoxy) is 3.